The van der Waals surface area contributed by atoms with E-state index in [0.29, 0.717) is 6.54 Å². The SMILES string of the molecule is O=C(C[n+]1c(Cc2ccccc2)n(CCN2CCOCC2)c2ccccc21)c1ccccc1.[Br-]. The van der Waals surface area contributed by atoms with Crippen molar-refractivity contribution in [2.24, 2.45) is 0 Å². The van der Waals surface area contributed by atoms with Crippen molar-refractivity contribution >= 4 is 16.8 Å². The largest absolute Gasteiger partial charge is 1.00 e. The lowest BCUT2D eigenvalue weighted by Gasteiger charge is -2.25. The van der Waals surface area contributed by atoms with E-state index in [-0.39, 0.29) is 22.8 Å². The lowest BCUT2D eigenvalue weighted by atomic mass is 10.1. The number of fused-ring (bicyclic) bond motifs is 1. The second-order valence-electron chi connectivity index (χ2n) is 8.55. The normalized spacial score (nSPS) is 14.1. The van der Waals surface area contributed by atoms with Crippen molar-refractivity contribution in [2.75, 3.05) is 32.8 Å². The zero-order valence-corrected chi connectivity index (χ0v) is 20.9. The number of benzene rings is 3. The number of hydrogen-bond acceptors (Lipinski definition) is 3. The van der Waals surface area contributed by atoms with E-state index < -0.39 is 0 Å². The summed E-state index contributed by atoms with van der Waals surface area (Å²) in [6.45, 7) is 5.73. The molecule has 1 aliphatic rings. The highest BCUT2D eigenvalue weighted by Gasteiger charge is 2.27. The minimum Gasteiger partial charge on any atom is -1.00 e. The molecule has 1 saturated heterocycles. The van der Waals surface area contributed by atoms with Gasteiger partial charge in [-0.1, -0.05) is 72.8 Å². The summed E-state index contributed by atoms with van der Waals surface area (Å²) < 4.78 is 10.2. The average molecular weight is 520 g/mol. The fourth-order valence-corrected chi connectivity index (χ4v) is 4.66. The Morgan fingerprint density at radius 3 is 2.21 bits per heavy atom. The molecule has 1 aliphatic heterocycles. The van der Waals surface area contributed by atoms with Crippen molar-refractivity contribution in [3.05, 3.63) is 102 Å². The van der Waals surface area contributed by atoms with Crippen LogP contribution < -0.4 is 21.5 Å². The minimum absolute atomic E-state index is 0. The summed E-state index contributed by atoms with van der Waals surface area (Å²) in [5.41, 5.74) is 4.28. The molecule has 3 aromatic carbocycles. The van der Waals surface area contributed by atoms with Crippen LogP contribution in [0.15, 0.2) is 84.9 Å². The summed E-state index contributed by atoms with van der Waals surface area (Å²) in [4.78, 5) is 15.7. The van der Waals surface area contributed by atoms with Crippen LogP contribution in [0.4, 0.5) is 0 Å². The molecule has 0 radical (unpaired) electrons. The molecule has 1 fully saturated rings. The molecular weight excluding hydrogens is 490 g/mol. The number of ketones is 1. The van der Waals surface area contributed by atoms with E-state index >= 15 is 0 Å². The molecule has 0 spiro atoms. The smallest absolute Gasteiger partial charge is 0.262 e. The van der Waals surface area contributed by atoms with Crippen LogP contribution in [0.25, 0.3) is 11.0 Å². The van der Waals surface area contributed by atoms with Crippen molar-refractivity contribution < 1.29 is 31.1 Å². The minimum atomic E-state index is 0. The fourth-order valence-electron chi connectivity index (χ4n) is 4.66. The Kier molecular flexibility index (Phi) is 8.27. The number of rotatable bonds is 8. The van der Waals surface area contributed by atoms with Crippen LogP contribution >= 0.6 is 0 Å². The Balaban J connectivity index is 0.00000274. The number of aromatic nitrogens is 2. The Morgan fingerprint density at radius 2 is 1.47 bits per heavy atom. The van der Waals surface area contributed by atoms with Crippen molar-refractivity contribution in [1.82, 2.24) is 9.47 Å². The number of carbonyl (C=O) groups excluding carboxylic acids is 1. The zero-order chi connectivity index (χ0) is 22.5. The zero-order valence-electron chi connectivity index (χ0n) is 19.3. The number of hydrogen-bond donors (Lipinski definition) is 0. The van der Waals surface area contributed by atoms with Gasteiger partial charge in [-0.3, -0.25) is 9.69 Å². The molecule has 2 heterocycles. The number of para-hydroxylation sites is 2. The first kappa shape index (κ1) is 24.3. The van der Waals surface area contributed by atoms with Crippen molar-refractivity contribution in [3.8, 4) is 0 Å². The van der Waals surface area contributed by atoms with Crippen molar-refractivity contribution in [2.45, 2.75) is 19.5 Å². The van der Waals surface area contributed by atoms with Crippen LogP contribution in [0.5, 0.6) is 0 Å². The van der Waals surface area contributed by atoms with Gasteiger partial charge < -0.3 is 21.7 Å². The maximum absolute atomic E-state index is 13.2. The van der Waals surface area contributed by atoms with E-state index in [9.17, 15) is 4.79 Å². The number of Topliss-reactive ketones (excluding diaryl/α,β-unsaturated/α-hetero) is 1. The number of carbonyl (C=O) groups is 1. The average Bonchev–Trinajstić information content (AvgIpc) is 3.16. The summed E-state index contributed by atoms with van der Waals surface area (Å²) in [5.74, 6) is 1.30. The molecule has 34 heavy (non-hydrogen) atoms. The van der Waals surface area contributed by atoms with Crippen LogP contribution in [0.2, 0.25) is 0 Å². The number of morpholine rings is 1. The van der Waals surface area contributed by atoms with Crippen LogP contribution in [0, 0.1) is 0 Å². The van der Waals surface area contributed by atoms with Gasteiger partial charge in [0.05, 0.1) is 19.6 Å². The van der Waals surface area contributed by atoms with Crippen LogP contribution in [0.1, 0.15) is 21.7 Å². The van der Waals surface area contributed by atoms with Crippen LogP contribution in [-0.2, 0) is 24.2 Å². The van der Waals surface area contributed by atoms with Gasteiger partial charge in [-0.25, -0.2) is 9.13 Å². The number of halogens is 1. The second-order valence-corrected chi connectivity index (χ2v) is 8.55. The number of nitrogens with zero attached hydrogens (tertiary/aromatic N) is 3. The molecule has 5 nitrogen and oxygen atoms in total. The quantitative estimate of drug-likeness (QED) is 0.254. The molecular formula is C28H30BrN3O2. The van der Waals surface area contributed by atoms with E-state index in [1.54, 1.807) is 0 Å². The highest BCUT2D eigenvalue weighted by molar-refractivity contribution is 5.95. The lowest BCUT2D eigenvalue weighted by molar-refractivity contribution is -0.665. The van der Waals surface area contributed by atoms with Gasteiger partial charge in [-0.2, -0.15) is 0 Å². The maximum atomic E-state index is 13.2. The molecule has 5 rings (SSSR count). The third kappa shape index (κ3) is 5.46. The second kappa shape index (κ2) is 11.6. The molecule has 0 bridgehead atoms. The Bertz CT molecular complexity index is 1220. The van der Waals surface area contributed by atoms with Gasteiger partial charge >= 0.3 is 0 Å². The monoisotopic (exact) mass is 519 g/mol. The third-order valence-electron chi connectivity index (χ3n) is 6.43. The van der Waals surface area contributed by atoms with Gasteiger partial charge in [0, 0.05) is 25.2 Å². The van der Waals surface area contributed by atoms with Gasteiger partial charge in [-0.15, -0.1) is 0 Å². The topological polar surface area (TPSA) is 38.3 Å². The summed E-state index contributed by atoms with van der Waals surface area (Å²) >= 11 is 0. The first-order valence-electron chi connectivity index (χ1n) is 11.7. The van der Waals surface area contributed by atoms with Gasteiger partial charge in [0.1, 0.15) is 6.54 Å². The van der Waals surface area contributed by atoms with E-state index in [1.165, 1.54) is 16.9 Å². The number of ether oxygens (including phenoxy) is 1. The summed E-state index contributed by atoms with van der Waals surface area (Å²) in [7, 11) is 0. The molecule has 176 valence electrons. The Labute approximate surface area is 211 Å². The van der Waals surface area contributed by atoms with E-state index in [4.69, 9.17) is 4.74 Å². The fraction of sp³-hybridized carbons (Fsp3) is 0.286. The molecule has 6 heteroatoms. The van der Waals surface area contributed by atoms with E-state index in [0.717, 1.165) is 56.9 Å². The molecule has 0 N–H and O–H groups in total. The van der Waals surface area contributed by atoms with Gasteiger partial charge in [0.2, 0.25) is 5.78 Å². The van der Waals surface area contributed by atoms with Crippen molar-refractivity contribution in [3.63, 3.8) is 0 Å². The van der Waals surface area contributed by atoms with Crippen LogP contribution in [-0.4, -0.2) is 48.1 Å². The Morgan fingerprint density at radius 1 is 0.824 bits per heavy atom. The molecule has 0 aliphatic carbocycles. The van der Waals surface area contributed by atoms with Gasteiger partial charge in [-0.05, 0) is 17.7 Å². The van der Waals surface area contributed by atoms with Gasteiger partial charge in [0.25, 0.3) is 5.82 Å². The molecule has 1 aromatic heterocycles. The summed E-state index contributed by atoms with van der Waals surface area (Å²) in [6, 6.07) is 28.6. The lowest BCUT2D eigenvalue weighted by Crippen LogP contribution is -3.00. The number of imidazole rings is 1. The highest BCUT2D eigenvalue weighted by Crippen LogP contribution is 2.18. The highest BCUT2D eigenvalue weighted by atomic mass is 79.9. The van der Waals surface area contributed by atoms with E-state index in [2.05, 4.69) is 62.6 Å². The molecule has 4 aromatic rings. The predicted octanol–water partition coefficient (Wildman–Crippen LogP) is 0.739. The molecule has 0 atom stereocenters. The Hall–Kier alpha value is -2.80. The van der Waals surface area contributed by atoms with Gasteiger partial charge in [0.15, 0.2) is 17.6 Å². The predicted molar refractivity (Wildman–Crippen MR) is 129 cm³/mol. The van der Waals surface area contributed by atoms with Crippen LogP contribution in [0.3, 0.4) is 0 Å². The first-order chi connectivity index (χ1) is 16.3. The maximum Gasteiger partial charge on any atom is 0.262 e. The standard InChI is InChI=1S/C28H30N3O2.BrH/c32-27(24-11-5-2-6-12-24)22-31-26-14-8-7-13-25(26)30(16-15-29-17-19-33-20-18-29)28(31)21-23-9-3-1-4-10-23;/h1-14H,15-22H2;1H/q+1;/p-1. The summed E-state index contributed by atoms with van der Waals surface area (Å²) in [5, 5.41) is 0. The summed E-state index contributed by atoms with van der Waals surface area (Å²) in [6.07, 6.45) is 0.778. The third-order valence-corrected chi connectivity index (χ3v) is 6.43. The molecule has 0 unspecified atom stereocenters. The van der Waals surface area contributed by atoms with E-state index in [1.807, 2.05) is 36.4 Å². The first-order valence-corrected chi connectivity index (χ1v) is 11.7. The molecule has 0 amide bonds. The molecule has 0 saturated carbocycles. The van der Waals surface area contributed by atoms with Crippen molar-refractivity contribution in [1.29, 1.82) is 0 Å².